The van der Waals surface area contributed by atoms with Gasteiger partial charge in [0.2, 0.25) is 10.5 Å². The lowest BCUT2D eigenvalue weighted by Gasteiger charge is -1.93. The van der Waals surface area contributed by atoms with Crippen LogP contribution in [-0.2, 0) is 0 Å². The van der Waals surface area contributed by atoms with Crippen LogP contribution in [-0.4, -0.2) is 0 Å². The first-order valence-electron chi connectivity index (χ1n) is 3.47. The normalized spacial score (nSPS) is 10.8. The number of aryl methyl sites for hydroxylation is 1. The van der Waals surface area contributed by atoms with E-state index in [0.717, 1.165) is 14.4 Å². The Balaban J connectivity index is 2.88. The molecule has 2 rings (SSSR count). The van der Waals surface area contributed by atoms with E-state index in [9.17, 15) is 5.21 Å². The molecule has 0 fully saturated rings. The van der Waals surface area contributed by atoms with E-state index in [1.54, 1.807) is 19.1 Å². The third-order valence-electron chi connectivity index (χ3n) is 1.68. The first kappa shape index (κ1) is 7.83. The average Bonchev–Trinajstić information content (AvgIpc) is 2.31. The van der Waals surface area contributed by atoms with E-state index < -0.39 is 0 Å². The molecule has 1 aromatic heterocycles. The van der Waals surface area contributed by atoms with Gasteiger partial charge in [-0.3, -0.25) is 0 Å². The summed E-state index contributed by atoms with van der Waals surface area (Å²) in [4.78, 5) is 0. The largest absolute Gasteiger partial charge is 0.617 e. The molecular formula is C8H6ClNOS. The molecule has 2 nitrogen and oxygen atoms in total. The Hall–Kier alpha value is -0.800. The molecule has 0 saturated carbocycles. The van der Waals surface area contributed by atoms with Gasteiger partial charge in [0.15, 0.2) is 0 Å². The number of hydrogen-bond donors (Lipinski definition) is 0. The minimum atomic E-state index is 0.602. The third-order valence-corrected chi connectivity index (χ3v) is 2.94. The molecule has 0 bridgehead atoms. The summed E-state index contributed by atoms with van der Waals surface area (Å²) in [5, 5.41) is 12.7. The number of hydrogen-bond acceptors (Lipinski definition) is 2. The second-order valence-corrected chi connectivity index (χ2v) is 4.20. The highest BCUT2D eigenvalue weighted by Gasteiger charge is 2.10. The smallest absolute Gasteiger partial charge is 0.246 e. The zero-order chi connectivity index (χ0) is 8.72. The summed E-state index contributed by atoms with van der Waals surface area (Å²) in [6.45, 7) is 1.80. The van der Waals surface area contributed by atoms with Crippen LogP contribution < -0.4 is 4.73 Å². The number of halogens is 1. The average molecular weight is 200 g/mol. The summed E-state index contributed by atoms with van der Waals surface area (Å²) in [5.74, 6) is 0. The van der Waals surface area contributed by atoms with Crippen LogP contribution in [0.5, 0.6) is 0 Å². The number of fused-ring (bicyclic) bond motifs is 1. The Kier molecular flexibility index (Phi) is 1.70. The van der Waals surface area contributed by atoms with Crippen LogP contribution >= 0.6 is 22.9 Å². The van der Waals surface area contributed by atoms with E-state index >= 15 is 0 Å². The van der Waals surface area contributed by atoms with Crippen molar-refractivity contribution in [2.24, 2.45) is 0 Å². The summed E-state index contributed by atoms with van der Waals surface area (Å²) >= 11 is 7.23. The second kappa shape index (κ2) is 2.61. The summed E-state index contributed by atoms with van der Waals surface area (Å²) in [7, 11) is 0. The van der Waals surface area contributed by atoms with Gasteiger partial charge >= 0.3 is 0 Å². The Morgan fingerprint density at radius 2 is 2.25 bits per heavy atom. The maximum Gasteiger partial charge on any atom is 0.246 e. The predicted octanol–water partition coefficient (Wildman–Crippen LogP) is 2.50. The minimum Gasteiger partial charge on any atom is -0.617 e. The van der Waals surface area contributed by atoms with Crippen molar-refractivity contribution in [2.75, 3.05) is 0 Å². The fourth-order valence-corrected chi connectivity index (χ4v) is 2.15. The Morgan fingerprint density at radius 3 is 3.00 bits per heavy atom. The topological polar surface area (TPSA) is 26.9 Å². The molecule has 12 heavy (non-hydrogen) atoms. The SMILES string of the molecule is Cc1sc2ccc(Cl)cc2[n+]1[O-]. The molecule has 0 aliphatic carbocycles. The molecule has 1 aromatic carbocycles. The number of nitrogens with zero attached hydrogens (tertiary/aromatic N) is 1. The van der Waals surface area contributed by atoms with E-state index in [1.807, 2.05) is 6.07 Å². The maximum atomic E-state index is 11.3. The lowest BCUT2D eigenvalue weighted by Crippen LogP contribution is -2.26. The quantitative estimate of drug-likeness (QED) is 0.473. The highest BCUT2D eigenvalue weighted by molar-refractivity contribution is 7.18. The van der Waals surface area contributed by atoms with Gasteiger partial charge < -0.3 is 5.21 Å². The molecule has 0 saturated heterocycles. The zero-order valence-electron chi connectivity index (χ0n) is 6.37. The van der Waals surface area contributed by atoms with Gasteiger partial charge in [0.05, 0.1) is 0 Å². The van der Waals surface area contributed by atoms with E-state index in [1.165, 1.54) is 11.3 Å². The number of thiazole rings is 1. The molecule has 4 heteroatoms. The van der Waals surface area contributed by atoms with E-state index in [-0.39, 0.29) is 0 Å². The molecule has 0 aliphatic rings. The third kappa shape index (κ3) is 1.06. The molecule has 2 aromatic rings. The summed E-state index contributed by atoms with van der Waals surface area (Å²) in [6, 6.07) is 5.34. The predicted molar refractivity (Wildman–Crippen MR) is 50.5 cm³/mol. The molecule has 0 radical (unpaired) electrons. The number of benzene rings is 1. The molecule has 62 valence electrons. The van der Waals surface area contributed by atoms with Gasteiger partial charge in [-0.15, -0.1) is 0 Å². The monoisotopic (exact) mass is 199 g/mol. The number of aromatic nitrogens is 1. The van der Waals surface area contributed by atoms with Crippen molar-refractivity contribution >= 4 is 33.2 Å². The van der Waals surface area contributed by atoms with Crippen LogP contribution in [0.15, 0.2) is 18.2 Å². The lowest BCUT2D eigenvalue weighted by molar-refractivity contribution is -0.578. The molecule has 1 heterocycles. The van der Waals surface area contributed by atoms with Crippen LogP contribution in [0.1, 0.15) is 5.01 Å². The highest BCUT2D eigenvalue weighted by Crippen LogP contribution is 2.22. The lowest BCUT2D eigenvalue weighted by atomic mass is 10.3. The molecule has 0 spiro atoms. The molecule has 0 aliphatic heterocycles. The van der Waals surface area contributed by atoms with Crippen LogP contribution in [0.4, 0.5) is 0 Å². The van der Waals surface area contributed by atoms with Crippen molar-refractivity contribution in [3.63, 3.8) is 0 Å². The summed E-state index contributed by atoms with van der Waals surface area (Å²) in [5.41, 5.74) is 0.657. The van der Waals surface area contributed by atoms with Crippen molar-refractivity contribution in [3.05, 3.63) is 33.4 Å². The van der Waals surface area contributed by atoms with Gasteiger partial charge in [-0.05, 0) is 12.1 Å². The molecular weight excluding hydrogens is 194 g/mol. The standard InChI is InChI=1S/C8H6ClNOS/c1-5-10(11)7-4-6(9)2-3-8(7)12-5/h2-4H,1H3. The minimum absolute atomic E-state index is 0.602. The van der Waals surface area contributed by atoms with Crippen molar-refractivity contribution in [1.29, 1.82) is 0 Å². The van der Waals surface area contributed by atoms with Crippen LogP contribution in [0.2, 0.25) is 5.02 Å². The summed E-state index contributed by atoms with van der Waals surface area (Å²) < 4.78 is 1.89. The molecule has 0 amide bonds. The van der Waals surface area contributed by atoms with Gasteiger partial charge in [-0.25, -0.2) is 0 Å². The molecule has 0 unspecified atom stereocenters. The Morgan fingerprint density at radius 1 is 1.50 bits per heavy atom. The van der Waals surface area contributed by atoms with Gasteiger partial charge in [-0.1, -0.05) is 22.9 Å². The first-order valence-corrected chi connectivity index (χ1v) is 4.66. The highest BCUT2D eigenvalue weighted by atomic mass is 35.5. The van der Waals surface area contributed by atoms with Gasteiger partial charge in [0, 0.05) is 18.0 Å². The van der Waals surface area contributed by atoms with Gasteiger partial charge in [0.1, 0.15) is 4.70 Å². The van der Waals surface area contributed by atoms with E-state index in [4.69, 9.17) is 11.6 Å². The Bertz CT molecular complexity index is 438. The van der Waals surface area contributed by atoms with Gasteiger partial charge in [0.25, 0.3) is 0 Å². The number of rotatable bonds is 0. The van der Waals surface area contributed by atoms with Crippen molar-refractivity contribution in [2.45, 2.75) is 6.92 Å². The molecule has 0 atom stereocenters. The van der Waals surface area contributed by atoms with Crippen LogP contribution in [0.25, 0.3) is 10.2 Å². The van der Waals surface area contributed by atoms with Crippen molar-refractivity contribution in [3.8, 4) is 0 Å². The van der Waals surface area contributed by atoms with E-state index in [2.05, 4.69) is 0 Å². The van der Waals surface area contributed by atoms with Crippen LogP contribution in [0.3, 0.4) is 0 Å². The zero-order valence-corrected chi connectivity index (χ0v) is 7.95. The fraction of sp³-hybridized carbons (Fsp3) is 0.125. The van der Waals surface area contributed by atoms with Crippen molar-refractivity contribution in [1.82, 2.24) is 0 Å². The van der Waals surface area contributed by atoms with Gasteiger partial charge in [-0.2, -0.15) is 4.73 Å². The molecule has 0 N–H and O–H groups in total. The van der Waals surface area contributed by atoms with Crippen molar-refractivity contribution < 1.29 is 4.73 Å². The first-order chi connectivity index (χ1) is 5.68. The Labute approximate surface area is 78.6 Å². The maximum absolute atomic E-state index is 11.3. The summed E-state index contributed by atoms with van der Waals surface area (Å²) in [6.07, 6.45) is 0. The van der Waals surface area contributed by atoms with E-state index in [0.29, 0.717) is 10.5 Å². The van der Waals surface area contributed by atoms with Crippen LogP contribution in [0, 0.1) is 12.1 Å². The second-order valence-electron chi connectivity index (χ2n) is 2.53. The fourth-order valence-electron chi connectivity index (χ4n) is 1.11.